The van der Waals surface area contributed by atoms with E-state index in [1.165, 1.54) is 13.1 Å². The van der Waals surface area contributed by atoms with Crippen LogP contribution in [0.1, 0.15) is 12.5 Å². The summed E-state index contributed by atoms with van der Waals surface area (Å²) >= 11 is 0. The number of nitrogens with two attached hydrogens (primary N) is 1. The highest BCUT2D eigenvalue weighted by Crippen LogP contribution is 2.24. The van der Waals surface area contributed by atoms with Crippen LogP contribution < -0.4 is 10.6 Å². The molecule has 0 saturated heterocycles. The first-order chi connectivity index (χ1) is 6.47. The lowest BCUT2D eigenvalue weighted by Crippen LogP contribution is -2.26. The Hall–Kier alpha value is -1.16. The number of hydrogen-bond donors (Lipinski definition) is 1. The lowest BCUT2D eigenvalue weighted by atomic mass is 10.0. The number of alkyl halides is 1. The van der Waals surface area contributed by atoms with Gasteiger partial charge in [-0.25, -0.2) is 9.37 Å². The van der Waals surface area contributed by atoms with Crippen LogP contribution in [0, 0.1) is 0 Å². The average Bonchev–Trinajstić information content (AvgIpc) is 2.18. The van der Waals surface area contributed by atoms with Gasteiger partial charge in [-0.15, -0.1) is 0 Å². The minimum Gasteiger partial charge on any atom is -0.363 e. The predicted octanol–water partition coefficient (Wildman–Crippen LogP) is 1.29. The summed E-state index contributed by atoms with van der Waals surface area (Å²) in [6, 6.07) is 3.50. The van der Waals surface area contributed by atoms with Gasteiger partial charge in [0, 0.05) is 32.4 Å². The molecule has 4 heteroatoms. The molecule has 0 aliphatic heterocycles. The van der Waals surface area contributed by atoms with E-state index < -0.39 is 5.67 Å². The van der Waals surface area contributed by atoms with E-state index in [0.717, 1.165) is 5.82 Å². The SMILES string of the molecule is CN(C)c1ccc(C(C)(F)CN)cn1. The van der Waals surface area contributed by atoms with E-state index in [-0.39, 0.29) is 6.54 Å². The quantitative estimate of drug-likeness (QED) is 0.794. The lowest BCUT2D eigenvalue weighted by Gasteiger charge is -2.19. The van der Waals surface area contributed by atoms with Crippen LogP contribution in [0.3, 0.4) is 0 Å². The fourth-order valence-corrected chi connectivity index (χ4v) is 1.08. The molecule has 3 nitrogen and oxygen atoms in total. The van der Waals surface area contributed by atoms with Crippen molar-refractivity contribution in [1.82, 2.24) is 4.98 Å². The molecule has 0 amide bonds. The maximum atomic E-state index is 13.7. The Morgan fingerprint density at radius 1 is 1.50 bits per heavy atom. The van der Waals surface area contributed by atoms with Crippen LogP contribution in [-0.4, -0.2) is 25.6 Å². The normalized spacial score (nSPS) is 14.9. The molecule has 1 heterocycles. The number of anilines is 1. The zero-order valence-corrected chi connectivity index (χ0v) is 8.79. The monoisotopic (exact) mass is 197 g/mol. The van der Waals surface area contributed by atoms with Crippen molar-refractivity contribution in [3.05, 3.63) is 23.9 Å². The van der Waals surface area contributed by atoms with Gasteiger partial charge in [-0.1, -0.05) is 6.07 Å². The minimum absolute atomic E-state index is 0.0318. The molecule has 0 saturated carbocycles. The van der Waals surface area contributed by atoms with Gasteiger partial charge < -0.3 is 10.6 Å². The van der Waals surface area contributed by atoms with E-state index in [2.05, 4.69) is 4.98 Å². The number of nitrogens with zero attached hydrogens (tertiary/aromatic N) is 2. The zero-order valence-electron chi connectivity index (χ0n) is 8.79. The molecule has 0 radical (unpaired) electrons. The summed E-state index contributed by atoms with van der Waals surface area (Å²) in [7, 11) is 3.78. The molecule has 14 heavy (non-hydrogen) atoms. The predicted molar refractivity (Wildman–Crippen MR) is 56.1 cm³/mol. The highest BCUT2D eigenvalue weighted by Gasteiger charge is 2.23. The molecular weight excluding hydrogens is 181 g/mol. The van der Waals surface area contributed by atoms with Gasteiger partial charge in [0.2, 0.25) is 0 Å². The summed E-state index contributed by atoms with van der Waals surface area (Å²) in [6.45, 7) is 1.43. The van der Waals surface area contributed by atoms with E-state index in [1.54, 1.807) is 12.1 Å². The first kappa shape index (κ1) is 10.9. The summed E-state index contributed by atoms with van der Waals surface area (Å²) < 4.78 is 13.7. The minimum atomic E-state index is -1.49. The fourth-order valence-electron chi connectivity index (χ4n) is 1.08. The van der Waals surface area contributed by atoms with Crippen LogP contribution >= 0.6 is 0 Å². The third-order valence-corrected chi connectivity index (χ3v) is 2.19. The maximum Gasteiger partial charge on any atom is 0.146 e. The molecule has 0 fully saturated rings. The van der Waals surface area contributed by atoms with Crippen molar-refractivity contribution in [3.8, 4) is 0 Å². The zero-order chi connectivity index (χ0) is 10.8. The highest BCUT2D eigenvalue weighted by molar-refractivity contribution is 5.38. The maximum absolute atomic E-state index is 13.7. The molecule has 1 atom stereocenters. The van der Waals surface area contributed by atoms with Crippen LogP contribution in [0.15, 0.2) is 18.3 Å². The Balaban J connectivity index is 2.94. The second kappa shape index (κ2) is 3.92. The standard InChI is InChI=1S/C10H16FN3/c1-10(11,7-12)8-4-5-9(13-6-8)14(2)3/h4-6H,7,12H2,1-3H3. The Morgan fingerprint density at radius 3 is 2.50 bits per heavy atom. The van der Waals surface area contributed by atoms with Gasteiger partial charge in [0.05, 0.1) is 0 Å². The molecule has 1 aromatic heterocycles. The van der Waals surface area contributed by atoms with Crippen LogP contribution in [0.25, 0.3) is 0 Å². The smallest absolute Gasteiger partial charge is 0.146 e. The van der Waals surface area contributed by atoms with Gasteiger partial charge in [-0.3, -0.25) is 0 Å². The molecule has 1 aromatic rings. The number of halogens is 1. The molecule has 78 valence electrons. The van der Waals surface area contributed by atoms with E-state index in [9.17, 15) is 4.39 Å². The Bertz CT molecular complexity index is 293. The molecule has 0 aromatic carbocycles. The topological polar surface area (TPSA) is 42.1 Å². The number of rotatable bonds is 3. The van der Waals surface area contributed by atoms with Gasteiger partial charge in [0.25, 0.3) is 0 Å². The molecule has 1 rings (SSSR count). The van der Waals surface area contributed by atoms with Crippen molar-refractivity contribution in [1.29, 1.82) is 0 Å². The number of hydrogen-bond acceptors (Lipinski definition) is 3. The fraction of sp³-hybridized carbons (Fsp3) is 0.500. The number of aromatic nitrogens is 1. The van der Waals surface area contributed by atoms with Crippen molar-refractivity contribution in [2.24, 2.45) is 5.73 Å². The van der Waals surface area contributed by atoms with Crippen molar-refractivity contribution < 1.29 is 4.39 Å². The largest absolute Gasteiger partial charge is 0.363 e. The number of pyridine rings is 1. The first-order valence-electron chi connectivity index (χ1n) is 4.50. The van der Waals surface area contributed by atoms with Crippen molar-refractivity contribution in [2.75, 3.05) is 25.5 Å². The third-order valence-electron chi connectivity index (χ3n) is 2.19. The van der Waals surface area contributed by atoms with Gasteiger partial charge in [0.15, 0.2) is 0 Å². The summed E-state index contributed by atoms with van der Waals surface area (Å²) in [5.41, 5.74) is 4.35. The molecule has 0 spiro atoms. The molecule has 0 aliphatic carbocycles. The van der Waals surface area contributed by atoms with Crippen LogP contribution in [0.4, 0.5) is 10.2 Å². The summed E-state index contributed by atoms with van der Waals surface area (Å²) in [5, 5.41) is 0. The molecule has 1 unspecified atom stereocenters. The Labute approximate surface area is 83.7 Å². The molecule has 2 N–H and O–H groups in total. The van der Waals surface area contributed by atoms with Crippen LogP contribution in [-0.2, 0) is 5.67 Å². The molecular formula is C10H16FN3. The van der Waals surface area contributed by atoms with Gasteiger partial charge in [-0.05, 0) is 13.0 Å². The second-order valence-electron chi connectivity index (χ2n) is 3.70. The third kappa shape index (κ3) is 2.20. The van der Waals surface area contributed by atoms with Crippen LogP contribution in [0.2, 0.25) is 0 Å². The van der Waals surface area contributed by atoms with E-state index in [0.29, 0.717) is 5.56 Å². The molecule has 0 bridgehead atoms. The Morgan fingerprint density at radius 2 is 2.14 bits per heavy atom. The Kier molecular flexibility index (Phi) is 3.06. The highest BCUT2D eigenvalue weighted by atomic mass is 19.1. The second-order valence-corrected chi connectivity index (χ2v) is 3.70. The van der Waals surface area contributed by atoms with Gasteiger partial charge >= 0.3 is 0 Å². The summed E-state index contributed by atoms with van der Waals surface area (Å²) in [4.78, 5) is 5.99. The lowest BCUT2D eigenvalue weighted by molar-refractivity contribution is 0.203. The summed E-state index contributed by atoms with van der Waals surface area (Å²) in [5.74, 6) is 0.807. The van der Waals surface area contributed by atoms with Crippen LogP contribution in [0.5, 0.6) is 0 Å². The van der Waals surface area contributed by atoms with Gasteiger partial charge in [-0.2, -0.15) is 0 Å². The van der Waals surface area contributed by atoms with Crippen molar-refractivity contribution >= 4 is 5.82 Å². The van der Waals surface area contributed by atoms with E-state index >= 15 is 0 Å². The van der Waals surface area contributed by atoms with Gasteiger partial charge in [0.1, 0.15) is 11.5 Å². The van der Waals surface area contributed by atoms with E-state index in [1.807, 2.05) is 19.0 Å². The van der Waals surface area contributed by atoms with E-state index in [4.69, 9.17) is 5.73 Å². The molecule has 0 aliphatic rings. The summed E-state index contributed by atoms with van der Waals surface area (Å²) in [6.07, 6.45) is 1.53. The van der Waals surface area contributed by atoms with Crippen molar-refractivity contribution in [3.63, 3.8) is 0 Å². The average molecular weight is 197 g/mol. The van der Waals surface area contributed by atoms with Crippen molar-refractivity contribution in [2.45, 2.75) is 12.6 Å². The first-order valence-corrected chi connectivity index (χ1v) is 4.50.